The highest BCUT2D eigenvalue weighted by Crippen LogP contribution is 2.18. The molecule has 96 valence electrons. The number of nitrogens with zero attached hydrogens (tertiary/aromatic N) is 1. The van der Waals surface area contributed by atoms with Gasteiger partial charge in [0.05, 0.1) is 18.2 Å². The van der Waals surface area contributed by atoms with Crippen LogP contribution in [0.25, 0.3) is 0 Å². The van der Waals surface area contributed by atoms with Crippen LogP contribution in [-0.2, 0) is 6.54 Å². The number of rotatable bonds is 3. The topological polar surface area (TPSA) is 92.0 Å². The van der Waals surface area contributed by atoms with E-state index in [-0.39, 0.29) is 18.2 Å². The van der Waals surface area contributed by atoms with Crippen LogP contribution in [0.15, 0.2) is 34.7 Å². The van der Waals surface area contributed by atoms with Crippen LogP contribution in [0.1, 0.15) is 27.4 Å². The van der Waals surface area contributed by atoms with Crippen molar-refractivity contribution in [3.05, 3.63) is 53.0 Å². The minimum Gasteiger partial charge on any atom is -0.455 e. The second-order valence-corrected chi connectivity index (χ2v) is 4.07. The standard InChI is InChI=1S/C14H13N3O2/c1-9-2-3-10(7-15)6-12(9)17-14(18)13-5-4-11(8-16)19-13/h2-6H,8,16H2,1H3,(H,17,18). The number of nitriles is 1. The van der Waals surface area contributed by atoms with Gasteiger partial charge in [-0.3, -0.25) is 4.79 Å². The first-order chi connectivity index (χ1) is 9.13. The molecule has 1 aromatic heterocycles. The molecule has 19 heavy (non-hydrogen) atoms. The first-order valence-electron chi connectivity index (χ1n) is 5.75. The molecular formula is C14H13N3O2. The van der Waals surface area contributed by atoms with Crippen molar-refractivity contribution in [3.63, 3.8) is 0 Å². The average Bonchev–Trinajstić information content (AvgIpc) is 2.90. The van der Waals surface area contributed by atoms with E-state index >= 15 is 0 Å². The molecule has 3 N–H and O–H groups in total. The molecule has 1 heterocycles. The minimum atomic E-state index is -0.363. The molecule has 0 saturated carbocycles. The van der Waals surface area contributed by atoms with Gasteiger partial charge in [-0.25, -0.2) is 0 Å². The molecule has 0 aliphatic carbocycles. The molecule has 0 saturated heterocycles. The van der Waals surface area contributed by atoms with Gasteiger partial charge in [0, 0.05) is 5.69 Å². The van der Waals surface area contributed by atoms with E-state index in [0.29, 0.717) is 17.0 Å². The van der Waals surface area contributed by atoms with Crippen LogP contribution in [0.4, 0.5) is 5.69 Å². The zero-order chi connectivity index (χ0) is 13.8. The summed E-state index contributed by atoms with van der Waals surface area (Å²) in [6.07, 6.45) is 0. The third-order valence-corrected chi connectivity index (χ3v) is 2.70. The van der Waals surface area contributed by atoms with Gasteiger partial charge in [-0.05, 0) is 36.8 Å². The third kappa shape index (κ3) is 2.81. The zero-order valence-corrected chi connectivity index (χ0v) is 10.4. The van der Waals surface area contributed by atoms with E-state index in [2.05, 4.69) is 5.32 Å². The van der Waals surface area contributed by atoms with Gasteiger partial charge in [0.1, 0.15) is 5.76 Å². The lowest BCUT2D eigenvalue weighted by molar-refractivity contribution is 0.0995. The summed E-state index contributed by atoms with van der Waals surface area (Å²) >= 11 is 0. The van der Waals surface area contributed by atoms with Gasteiger partial charge in [-0.1, -0.05) is 6.07 Å². The number of aryl methyl sites for hydroxylation is 1. The van der Waals surface area contributed by atoms with Crippen LogP contribution in [0.5, 0.6) is 0 Å². The number of hydrogen-bond acceptors (Lipinski definition) is 4. The van der Waals surface area contributed by atoms with Gasteiger partial charge in [0.2, 0.25) is 0 Å². The van der Waals surface area contributed by atoms with Gasteiger partial charge in [-0.15, -0.1) is 0 Å². The predicted octanol–water partition coefficient (Wildman–Crippen LogP) is 2.17. The summed E-state index contributed by atoms with van der Waals surface area (Å²) in [4.78, 5) is 12.0. The second kappa shape index (κ2) is 5.38. The van der Waals surface area contributed by atoms with Gasteiger partial charge < -0.3 is 15.5 Å². The molecule has 0 atom stereocenters. The Labute approximate surface area is 110 Å². The van der Waals surface area contributed by atoms with Crippen LogP contribution in [-0.4, -0.2) is 5.91 Å². The summed E-state index contributed by atoms with van der Waals surface area (Å²) in [6.45, 7) is 2.10. The van der Waals surface area contributed by atoms with E-state index in [1.807, 2.05) is 13.0 Å². The Morgan fingerprint density at radius 2 is 2.21 bits per heavy atom. The number of carbonyl (C=O) groups excluding carboxylic acids is 1. The molecule has 0 fully saturated rings. The van der Waals surface area contributed by atoms with E-state index in [1.165, 1.54) is 0 Å². The Morgan fingerprint density at radius 1 is 1.42 bits per heavy atom. The minimum absolute atomic E-state index is 0.196. The van der Waals surface area contributed by atoms with E-state index in [9.17, 15) is 4.79 Å². The van der Waals surface area contributed by atoms with Gasteiger partial charge >= 0.3 is 0 Å². The number of anilines is 1. The number of hydrogen-bond donors (Lipinski definition) is 2. The van der Waals surface area contributed by atoms with Crippen LogP contribution in [0, 0.1) is 18.3 Å². The smallest absolute Gasteiger partial charge is 0.291 e. The Kier molecular flexibility index (Phi) is 3.64. The molecule has 1 amide bonds. The number of furan rings is 1. The summed E-state index contributed by atoms with van der Waals surface area (Å²) in [5.74, 6) is 0.382. The molecule has 0 bridgehead atoms. The van der Waals surface area contributed by atoms with E-state index in [4.69, 9.17) is 15.4 Å². The Balaban J connectivity index is 2.21. The Hall–Kier alpha value is -2.58. The first kappa shape index (κ1) is 12.9. The summed E-state index contributed by atoms with van der Waals surface area (Å²) in [5.41, 5.74) is 7.37. The Bertz CT molecular complexity index is 653. The molecule has 2 rings (SSSR count). The molecule has 0 unspecified atom stereocenters. The highest BCUT2D eigenvalue weighted by molar-refractivity contribution is 6.02. The van der Waals surface area contributed by atoms with E-state index in [0.717, 1.165) is 5.56 Å². The summed E-state index contributed by atoms with van der Waals surface area (Å²) < 4.78 is 5.26. The lowest BCUT2D eigenvalue weighted by Gasteiger charge is -2.07. The number of benzene rings is 1. The number of nitrogens with two attached hydrogens (primary N) is 1. The SMILES string of the molecule is Cc1ccc(C#N)cc1NC(=O)c1ccc(CN)o1. The molecule has 5 nitrogen and oxygen atoms in total. The monoisotopic (exact) mass is 255 g/mol. The molecule has 0 aliphatic rings. The van der Waals surface area contributed by atoms with Crippen LogP contribution < -0.4 is 11.1 Å². The quantitative estimate of drug-likeness (QED) is 0.879. The average molecular weight is 255 g/mol. The fraction of sp³-hybridized carbons (Fsp3) is 0.143. The normalized spacial score (nSPS) is 9.95. The van der Waals surface area contributed by atoms with Crippen LogP contribution in [0.3, 0.4) is 0 Å². The predicted molar refractivity (Wildman–Crippen MR) is 70.4 cm³/mol. The van der Waals surface area contributed by atoms with Crippen LogP contribution in [0.2, 0.25) is 0 Å². The number of nitrogens with one attached hydrogen (secondary N) is 1. The number of amides is 1. The van der Waals surface area contributed by atoms with Crippen molar-refractivity contribution in [2.24, 2.45) is 5.73 Å². The molecule has 1 aromatic carbocycles. The van der Waals surface area contributed by atoms with Crippen molar-refractivity contribution in [2.45, 2.75) is 13.5 Å². The lowest BCUT2D eigenvalue weighted by atomic mass is 10.1. The molecule has 0 spiro atoms. The summed E-state index contributed by atoms with van der Waals surface area (Å²) in [6, 6.07) is 10.4. The summed E-state index contributed by atoms with van der Waals surface area (Å²) in [5, 5.41) is 11.6. The Morgan fingerprint density at radius 3 is 2.84 bits per heavy atom. The largest absolute Gasteiger partial charge is 0.455 e. The molecule has 2 aromatic rings. The molecule has 0 aliphatic heterocycles. The van der Waals surface area contributed by atoms with Crippen molar-refractivity contribution in [2.75, 3.05) is 5.32 Å². The van der Waals surface area contributed by atoms with Crippen LogP contribution >= 0.6 is 0 Å². The fourth-order valence-corrected chi connectivity index (χ4v) is 1.62. The maximum atomic E-state index is 12.0. The zero-order valence-electron chi connectivity index (χ0n) is 10.4. The highest BCUT2D eigenvalue weighted by atomic mass is 16.4. The first-order valence-corrected chi connectivity index (χ1v) is 5.75. The van der Waals surface area contributed by atoms with Crippen molar-refractivity contribution in [3.8, 4) is 6.07 Å². The summed E-state index contributed by atoms with van der Waals surface area (Å²) in [7, 11) is 0. The van der Waals surface area contributed by atoms with Gasteiger partial charge in [-0.2, -0.15) is 5.26 Å². The van der Waals surface area contributed by atoms with Gasteiger partial charge in [0.25, 0.3) is 5.91 Å². The third-order valence-electron chi connectivity index (χ3n) is 2.70. The molecular weight excluding hydrogens is 242 g/mol. The van der Waals surface area contributed by atoms with E-state index in [1.54, 1.807) is 30.3 Å². The lowest BCUT2D eigenvalue weighted by Crippen LogP contribution is -2.12. The maximum Gasteiger partial charge on any atom is 0.291 e. The highest BCUT2D eigenvalue weighted by Gasteiger charge is 2.12. The van der Waals surface area contributed by atoms with Crippen molar-refractivity contribution in [1.82, 2.24) is 0 Å². The number of carbonyl (C=O) groups is 1. The molecule has 5 heteroatoms. The maximum absolute atomic E-state index is 12.0. The van der Waals surface area contributed by atoms with E-state index < -0.39 is 0 Å². The van der Waals surface area contributed by atoms with Crippen molar-refractivity contribution < 1.29 is 9.21 Å². The van der Waals surface area contributed by atoms with Crippen molar-refractivity contribution in [1.29, 1.82) is 5.26 Å². The fourth-order valence-electron chi connectivity index (χ4n) is 1.62. The van der Waals surface area contributed by atoms with Crippen molar-refractivity contribution >= 4 is 11.6 Å². The second-order valence-electron chi connectivity index (χ2n) is 4.07. The van der Waals surface area contributed by atoms with Gasteiger partial charge in [0.15, 0.2) is 5.76 Å². The molecule has 0 radical (unpaired) electrons.